The molecule has 0 radical (unpaired) electrons. The predicted molar refractivity (Wildman–Crippen MR) is 108 cm³/mol. The van der Waals surface area contributed by atoms with Gasteiger partial charge in [0.1, 0.15) is 6.04 Å². The monoisotopic (exact) mass is 367 g/mol. The van der Waals surface area contributed by atoms with E-state index < -0.39 is 0 Å². The maximum Gasteiger partial charge on any atom is 0.251 e. The molecule has 5 nitrogen and oxygen atoms in total. The van der Waals surface area contributed by atoms with E-state index in [0.717, 1.165) is 11.1 Å². The number of rotatable bonds is 8. The van der Waals surface area contributed by atoms with Crippen molar-refractivity contribution >= 4 is 11.8 Å². The van der Waals surface area contributed by atoms with E-state index >= 15 is 0 Å². The van der Waals surface area contributed by atoms with Crippen molar-refractivity contribution in [2.45, 2.75) is 26.4 Å². The van der Waals surface area contributed by atoms with Crippen molar-refractivity contribution in [2.75, 3.05) is 27.2 Å². The van der Waals surface area contributed by atoms with E-state index in [0.29, 0.717) is 25.2 Å². The van der Waals surface area contributed by atoms with Gasteiger partial charge in [0.05, 0.1) is 0 Å². The van der Waals surface area contributed by atoms with E-state index in [2.05, 4.69) is 10.2 Å². The van der Waals surface area contributed by atoms with Gasteiger partial charge in [0, 0.05) is 32.2 Å². The van der Waals surface area contributed by atoms with Crippen LogP contribution < -0.4 is 5.32 Å². The van der Waals surface area contributed by atoms with Gasteiger partial charge in [0.15, 0.2) is 0 Å². The Balaban J connectivity index is 2.24. The van der Waals surface area contributed by atoms with Crippen molar-refractivity contribution in [3.05, 3.63) is 71.3 Å². The Bertz CT molecular complexity index is 740. The summed E-state index contributed by atoms with van der Waals surface area (Å²) < 4.78 is 0. The molecular weight excluding hydrogens is 338 g/mol. The Kier molecular flexibility index (Phi) is 7.55. The third-order valence-electron chi connectivity index (χ3n) is 4.74. The molecule has 0 aromatic heterocycles. The Labute approximate surface area is 162 Å². The summed E-state index contributed by atoms with van der Waals surface area (Å²) >= 11 is 0. The molecule has 0 fully saturated rings. The summed E-state index contributed by atoms with van der Waals surface area (Å²) in [7, 11) is 3.58. The average molecular weight is 367 g/mol. The van der Waals surface area contributed by atoms with E-state index in [1.165, 1.54) is 0 Å². The van der Waals surface area contributed by atoms with E-state index in [1.807, 2.05) is 80.4 Å². The van der Waals surface area contributed by atoms with E-state index in [1.54, 1.807) is 7.05 Å². The zero-order valence-corrected chi connectivity index (χ0v) is 16.6. The van der Waals surface area contributed by atoms with E-state index in [4.69, 9.17) is 0 Å². The van der Waals surface area contributed by atoms with E-state index in [-0.39, 0.29) is 17.9 Å². The predicted octanol–water partition coefficient (Wildman–Crippen LogP) is 3.09. The van der Waals surface area contributed by atoms with Crippen LogP contribution in [0.2, 0.25) is 0 Å². The van der Waals surface area contributed by atoms with Crippen LogP contribution in [0.15, 0.2) is 54.6 Å². The summed E-state index contributed by atoms with van der Waals surface area (Å²) in [5.74, 6) is 0.00413. The first-order valence-corrected chi connectivity index (χ1v) is 9.36. The number of nitrogens with one attached hydrogen (secondary N) is 1. The Morgan fingerprint density at radius 3 is 2.07 bits per heavy atom. The minimum absolute atomic E-state index is 0.103. The van der Waals surface area contributed by atoms with Crippen LogP contribution in [0, 0.1) is 0 Å². The number of benzene rings is 2. The Morgan fingerprint density at radius 2 is 1.56 bits per heavy atom. The lowest BCUT2D eigenvalue weighted by molar-refractivity contribution is -0.136. The third kappa shape index (κ3) is 5.17. The van der Waals surface area contributed by atoms with Crippen molar-refractivity contribution in [3.8, 4) is 0 Å². The summed E-state index contributed by atoms with van der Waals surface area (Å²) in [5, 5.41) is 2.62. The van der Waals surface area contributed by atoms with Crippen LogP contribution in [-0.4, -0.2) is 48.8 Å². The maximum absolute atomic E-state index is 13.2. The molecule has 0 aliphatic carbocycles. The highest BCUT2D eigenvalue weighted by atomic mass is 16.2. The summed E-state index contributed by atoms with van der Waals surface area (Å²) in [6, 6.07) is 17.0. The van der Waals surface area contributed by atoms with Crippen molar-refractivity contribution < 1.29 is 9.59 Å². The third-order valence-corrected chi connectivity index (χ3v) is 4.74. The fourth-order valence-electron chi connectivity index (χ4n) is 3.21. The van der Waals surface area contributed by atoms with Gasteiger partial charge in [-0.25, -0.2) is 0 Å². The first-order valence-electron chi connectivity index (χ1n) is 9.36. The number of hydrogen-bond donors (Lipinski definition) is 1. The number of carbonyl (C=O) groups excluding carboxylic acids is 2. The highest BCUT2D eigenvalue weighted by molar-refractivity contribution is 5.93. The molecule has 144 valence electrons. The van der Waals surface area contributed by atoms with Gasteiger partial charge >= 0.3 is 0 Å². The molecule has 1 N–H and O–H groups in total. The van der Waals surface area contributed by atoms with Crippen LogP contribution in [0.25, 0.3) is 0 Å². The number of carbonyl (C=O) groups is 2. The fraction of sp³-hybridized carbons (Fsp3) is 0.364. The van der Waals surface area contributed by atoms with Crippen LogP contribution in [-0.2, 0) is 11.3 Å². The maximum atomic E-state index is 13.2. The van der Waals surface area contributed by atoms with E-state index in [9.17, 15) is 9.59 Å². The normalized spacial score (nSPS) is 11.9. The topological polar surface area (TPSA) is 52.7 Å². The highest BCUT2D eigenvalue weighted by Crippen LogP contribution is 2.24. The first kappa shape index (κ1) is 20.6. The van der Waals surface area contributed by atoms with Gasteiger partial charge in [0.25, 0.3) is 5.91 Å². The molecular formula is C22H29N3O2. The number of amides is 2. The molecule has 2 aromatic rings. The van der Waals surface area contributed by atoms with Crippen molar-refractivity contribution in [1.29, 1.82) is 0 Å². The second-order valence-corrected chi connectivity index (χ2v) is 6.51. The molecule has 0 aliphatic rings. The highest BCUT2D eigenvalue weighted by Gasteiger charge is 2.28. The molecule has 2 rings (SSSR count). The first-order chi connectivity index (χ1) is 13.0. The fourth-order valence-corrected chi connectivity index (χ4v) is 3.21. The Morgan fingerprint density at radius 1 is 0.963 bits per heavy atom. The van der Waals surface area contributed by atoms with Crippen molar-refractivity contribution in [1.82, 2.24) is 15.1 Å². The van der Waals surface area contributed by atoms with Gasteiger partial charge < -0.3 is 10.2 Å². The van der Waals surface area contributed by atoms with Gasteiger partial charge in [-0.05, 0) is 44.2 Å². The minimum Gasteiger partial charge on any atom is -0.355 e. The Hall–Kier alpha value is -2.66. The molecule has 0 aliphatic heterocycles. The van der Waals surface area contributed by atoms with Gasteiger partial charge in [0.2, 0.25) is 5.91 Å². The molecule has 0 heterocycles. The van der Waals surface area contributed by atoms with Gasteiger partial charge in [-0.15, -0.1) is 0 Å². The summed E-state index contributed by atoms with van der Waals surface area (Å²) in [5.41, 5.74) is 2.67. The lowest BCUT2D eigenvalue weighted by atomic mass is 10.0. The largest absolute Gasteiger partial charge is 0.355 e. The number of hydrogen-bond acceptors (Lipinski definition) is 3. The summed E-state index contributed by atoms with van der Waals surface area (Å²) in [4.78, 5) is 28.8. The molecule has 2 aromatic carbocycles. The standard InChI is InChI=1S/C22H29N3O2/c1-5-25(6-2)22(27)20(18-10-8-7-9-11-18)24(4)16-17-12-14-19(15-13-17)21(26)23-3/h7-15,20H,5-6,16H2,1-4H3,(H,23,26). The minimum atomic E-state index is -0.343. The second kappa shape index (κ2) is 9.88. The SMILES string of the molecule is CCN(CC)C(=O)C(c1ccccc1)N(C)Cc1ccc(C(=O)NC)cc1. The molecule has 5 heteroatoms. The van der Waals surface area contributed by atoms with Gasteiger partial charge in [-0.2, -0.15) is 0 Å². The van der Waals surface area contributed by atoms with Gasteiger partial charge in [-0.3, -0.25) is 14.5 Å². The molecule has 1 unspecified atom stereocenters. The summed E-state index contributed by atoms with van der Waals surface area (Å²) in [6.45, 7) is 5.99. The quantitative estimate of drug-likeness (QED) is 0.780. The zero-order chi connectivity index (χ0) is 19.8. The molecule has 1 atom stereocenters. The molecule has 0 spiro atoms. The van der Waals surface area contributed by atoms with Crippen LogP contribution >= 0.6 is 0 Å². The van der Waals surface area contributed by atoms with Crippen LogP contribution in [0.4, 0.5) is 0 Å². The van der Waals surface area contributed by atoms with Crippen LogP contribution in [0.3, 0.4) is 0 Å². The molecule has 0 bridgehead atoms. The van der Waals surface area contributed by atoms with Crippen LogP contribution in [0.5, 0.6) is 0 Å². The van der Waals surface area contributed by atoms with Crippen molar-refractivity contribution in [2.24, 2.45) is 0 Å². The smallest absolute Gasteiger partial charge is 0.251 e. The average Bonchev–Trinajstić information content (AvgIpc) is 2.70. The second-order valence-electron chi connectivity index (χ2n) is 6.51. The zero-order valence-electron chi connectivity index (χ0n) is 16.6. The lowest BCUT2D eigenvalue weighted by Gasteiger charge is -2.32. The van der Waals surface area contributed by atoms with Crippen molar-refractivity contribution in [3.63, 3.8) is 0 Å². The van der Waals surface area contributed by atoms with Gasteiger partial charge in [-0.1, -0.05) is 42.5 Å². The summed E-state index contributed by atoms with van der Waals surface area (Å²) in [6.07, 6.45) is 0. The molecule has 0 saturated heterocycles. The number of nitrogens with zero attached hydrogens (tertiary/aromatic N) is 2. The molecule has 27 heavy (non-hydrogen) atoms. The lowest BCUT2D eigenvalue weighted by Crippen LogP contribution is -2.41. The molecule has 0 saturated carbocycles. The van der Waals surface area contributed by atoms with Crippen LogP contribution in [0.1, 0.15) is 41.4 Å². The molecule has 2 amide bonds. The number of likely N-dealkylation sites (N-methyl/N-ethyl adjacent to an activating group) is 2.